The fraction of sp³-hybridized carbons (Fsp3) is 0.0500. The van der Waals surface area contributed by atoms with Crippen LogP contribution in [-0.2, 0) is 6.54 Å². The van der Waals surface area contributed by atoms with E-state index in [1.165, 1.54) is 12.1 Å². The molecule has 1 amide bonds. The average Bonchev–Trinajstić information content (AvgIpc) is 2.66. The lowest BCUT2D eigenvalue weighted by Crippen LogP contribution is -2.24. The molecule has 0 saturated carbocycles. The molecule has 0 saturated heterocycles. The van der Waals surface area contributed by atoms with Gasteiger partial charge in [0.15, 0.2) is 11.6 Å². The summed E-state index contributed by atoms with van der Waals surface area (Å²) in [5.74, 6) is -3.70. The van der Waals surface area contributed by atoms with E-state index in [-0.39, 0.29) is 17.8 Å². The summed E-state index contributed by atoms with van der Waals surface area (Å²) in [5, 5.41) is 5.12. The first kappa shape index (κ1) is 20.0. The fourth-order valence-electron chi connectivity index (χ4n) is 2.50. The first-order valence-corrected chi connectivity index (χ1v) is 9.25. The Morgan fingerprint density at radius 3 is 2.36 bits per heavy atom. The van der Waals surface area contributed by atoms with Crippen molar-refractivity contribution in [2.24, 2.45) is 0 Å². The molecule has 0 spiro atoms. The average molecular weight is 497 g/mol. The monoisotopic (exact) mass is 497 g/mol. The summed E-state index contributed by atoms with van der Waals surface area (Å²) in [4.78, 5) is 12.5. The highest BCUT2D eigenvalue weighted by Gasteiger charge is 2.20. The van der Waals surface area contributed by atoms with E-state index in [1.54, 1.807) is 30.3 Å². The largest absolute Gasteiger partial charge is 0.399 e. The lowest BCUT2D eigenvalue weighted by Gasteiger charge is -2.14. The lowest BCUT2D eigenvalue weighted by molar-refractivity contribution is 0.0951. The molecule has 0 heterocycles. The number of amides is 1. The Bertz CT molecular complexity index is 1030. The molecular formula is C20H15F3IN3O. The van der Waals surface area contributed by atoms with E-state index in [4.69, 9.17) is 5.73 Å². The first-order chi connectivity index (χ1) is 13.3. The van der Waals surface area contributed by atoms with Crippen LogP contribution in [-0.4, -0.2) is 5.91 Å². The van der Waals surface area contributed by atoms with Crippen molar-refractivity contribution in [1.29, 1.82) is 0 Å². The molecule has 0 aliphatic carbocycles. The minimum Gasteiger partial charge on any atom is -0.399 e. The summed E-state index contributed by atoms with van der Waals surface area (Å²) in [6, 6.07) is 13.1. The Labute approximate surface area is 173 Å². The quantitative estimate of drug-likeness (QED) is 0.345. The Balaban J connectivity index is 1.86. The summed E-state index contributed by atoms with van der Waals surface area (Å²) in [6.07, 6.45) is 0. The maximum Gasteiger partial charge on any atom is 0.253 e. The second-order valence-corrected chi connectivity index (χ2v) is 7.20. The number of hydrogen-bond acceptors (Lipinski definition) is 3. The van der Waals surface area contributed by atoms with E-state index in [9.17, 15) is 18.0 Å². The minimum atomic E-state index is -1.27. The zero-order valence-electron chi connectivity index (χ0n) is 14.4. The number of hydrogen-bond donors (Lipinski definition) is 3. The van der Waals surface area contributed by atoms with Crippen molar-refractivity contribution >= 4 is 45.6 Å². The van der Waals surface area contributed by atoms with E-state index < -0.39 is 29.0 Å². The van der Waals surface area contributed by atoms with Crippen LogP contribution in [0.25, 0.3) is 0 Å². The molecule has 144 valence electrons. The molecule has 0 bridgehead atoms. The Morgan fingerprint density at radius 2 is 1.68 bits per heavy atom. The first-order valence-electron chi connectivity index (χ1n) is 8.18. The topological polar surface area (TPSA) is 67.1 Å². The normalized spacial score (nSPS) is 10.6. The number of nitrogens with one attached hydrogen (secondary N) is 2. The van der Waals surface area contributed by atoms with Crippen LogP contribution in [0.2, 0.25) is 0 Å². The number of anilines is 3. The molecule has 28 heavy (non-hydrogen) atoms. The highest BCUT2D eigenvalue weighted by Crippen LogP contribution is 2.28. The maximum atomic E-state index is 14.4. The molecule has 0 aliphatic rings. The summed E-state index contributed by atoms with van der Waals surface area (Å²) in [7, 11) is 0. The number of nitrogens with two attached hydrogens (primary N) is 1. The highest BCUT2D eigenvalue weighted by atomic mass is 127. The molecule has 0 atom stereocenters. The summed E-state index contributed by atoms with van der Waals surface area (Å²) >= 11 is 1.93. The summed E-state index contributed by atoms with van der Waals surface area (Å²) in [5.41, 5.74) is 6.33. The second kappa shape index (κ2) is 8.51. The zero-order valence-corrected chi connectivity index (χ0v) is 16.6. The van der Waals surface area contributed by atoms with Crippen LogP contribution in [0.5, 0.6) is 0 Å². The van der Waals surface area contributed by atoms with Gasteiger partial charge < -0.3 is 16.4 Å². The van der Waals surface area contributed by atoms with Crippen LogP contribution in [0.1, 0.15) is 15.9 Å². The van der Waals surface area contributed by atoms with Crippen molar-refractivity contribution in [2.75, 3.05) is 11.1 Å². The minimum absolute atomic E-state index is 0.0718. The molecule has 8 heteroatoms. The van der Waals surface area contributed by atoms with Crippen molar-refractivity contribution < 1.29 is 18.0 Å². The van der Waals surface area contributed by atoms with Gasteiger partial charge in [0.2, 0.25) is 0 Å². The molecule has 0 aromatic heterocycles. The maximum absolute atomic E-state index is 14.4. The van der Waals surface area contributed by atoms with Gasteiger partial charge in [-0.1, -0.05) is 12.1 Å². The van der Waals surface area contributed by atoms with Gasteiger partial charge in [0, 0.05) is 15.8 Å². The van der Waals surface area contributed by atoms with Crippen LogP contribution in [0.15, 0.2) is 54.6 Å². The summed E-state index contributed by atoms with van der Waals surface area (Å²) < 4.78 is 42.8. The third-order valence-electron chi connectivity index (χ3n) is 3.96. The third kappa shape index (κ3) is 4.56. The van der Waals surface area contributed by atoms with E-state index in [0.717, 1.165) is 17.7 Å². The second-order valence-electron chi connectivity index (χ2n) is 5.96. The molecule has 4 N–H and O–H groups in total. The number of nitrogen functional groups attached to an aromatic ring is 1. The van der Waals surface area contributed by atoms with Crippen LogP contribution >= 0.6 is 22.6 Å². The Kier molecular flexibility index (Phi) is 6.08. The van der Waals surface area contributed by atoms with Gasteiger partial charge in [-0.05, 0) is 70.6 Å². The van der Waals surface area contributed by atoms with Crippen LogP contribution < -0.4 is 16.4 Å². The van der Waals surface area contributed by atoms with Crippen LogP contribution in [0.3, 0.4) is 0 Å². The standard InChI is InChI=1S/C20H15F3IN3O/c21-15-7-6-14(20(28)26-10-11-1-4-13(25)5-2-11)19(18(15)23)27-17-8-3-12(24)9-16(17)22/h1-9,27H,10,25H2,(H,26,28). The fourth-order valence-corrected chi connectivity index (χ4v) is 2.95. The van der Waals surface area contributed by atoms with Gasteiger partial charge in [-0.2, -0.15) is 0 Å². The number of benzene rings is 3. The SMILES string of the molecule is Nc1ccc(CNC(=O)c2ccc(F)c(F)c2Nc2ccc(I)cc2F)cc1. The van der Waals surface area contributed by atoms with Crippen LogP contribution in [0.4, 0.5) is 30.2 Å². The molecule has 0 unspecified atom stereocenters. The zero-order chi connectivity index (χ0) is 20.3. The molecule has 0 radical (unpaired) electrons. The van der Waals surface area contributed by atoms with E-state index >= 15 is 0 Å². The van der Waals surface area contributed by atoms with Gasteiger partial charge in [0.1, 0.15) is 5.82 Å². The molecule has 3 aromatic carbocycles. The van der Waals surface area contributed by atoms with Crippen molar-refractivity contribution in [3.8, 4) is 0 Å². The molecule has 3 aromatic rings. The van der Waals surface area contributed by atoms with Crippen LogP contribution in [0, 0.1) is 21.0 Å². The number of carbonyl (C=O) groups excluding carboxylic acids is 1. The predicted molar refractivity (Wildman–Crippen MR) is 111 cm³/mol. The van der Waals surface area contributed by atoms with Crippen molar-refractivity contribution in [2.45, 2.75) is 6.54 Å². The number of halogens is 4. The number of carbonyl (C=O) groups is 1. The van der Waals surface area contributed by atoms with Crippen molar-refractivity contribution in [3.63, 3.8) is 0 Å². The van der Waals surface area contributed by atoms with Gasteiger partial charge in [-0.25, -0.2) is 13.2 Å². The number of rotatable bonds is 5. The molecule has 4 nitrogen and oxygen atoms in total. The van der Waals surface area contributed by atoms with Gasteiger partial charge >= 0.3 is 0 Å². The predicted octanol–water partition coefficient (Wildman–Crippen LogP) is 4.96. The van der Waals surface area contributed by atoms with E-state index in [0.29, 0.717) is 9.26 Å². The molecule has 0 fully saturated rings. The van der Waals surface area contributed by atoms with Gasteiger partial charge in [-0.3, -0.25) is 4.79 Å². The smallest absolute Gasteiger partial charge is 0.253 e. The molecule has 0 aliphatic heterocycles. The molecule has 3 rings (SSSR count). The molecular weight excluding hydrogens is 482 g/mol. The van der Waals surface area contributed by atoms with Gasteiger partial charge in [0.05, 0.1) is 16.9 Å². The summed E-state index contributed by atoms with van der Waals surface area (Å²) in [6.45, 7) is 0.162. The Morgan fingerprint density at radius 1 is 0.964 bits per heavy atom. The van der Waals surface area contributed by atoms with E-state index in [1.807, 2.05) is 22.6 Å². The highest BCUT2D eigenvalue weighted by molar-refractivity contribution is 14.1. The lowest BCUT2D eigenvalue weighted by atomic mass is 10.1. The van der Waals surface area contributed by atoms with Crippen molar-refractivity contribution in [3.05, 3.63) is 86.7 Å². The van der Waals surface area contributed by atoms with E-state index in [2.05, 4.69) is 10.6 Å². The third-order valence-corrected chi connectivity index (χ3v) is 4.63. The van der Waals surface area contributed by atoms with Gasteiger partial charge in [-0.15, -0.1) is 0 Å². The Hall–Kier alpha value is -2.75. The van der Waals surface area contributed by atoms with Gasteiger partial charge in [0.25, 0.3) is 5.91 Å². The van der Waals surface area contributed by atoms with Crippen molar-refractivity contribution in [1.82, 2.24) is 5.32 Å².